The van der Waals surface area contributed by atoms with Crippen LogP contribution in [0.3, 0.4) is 0 Å². The van der Waals surface area contributed by atoms with Gasteiger partial charge in [0.15, 0.2) is 0 Å². The first-order valence-corrected chi connectivity index (χ1v) is 6.31. The minimum Gasteiger partial charge on any atom is -0.335 e. The van der Waals surface area contributed by atoms with Crippen molar-refractivity contribution in [1.82, 2.24) is 29.7 Å². The van der Waals surface area contributed by atoms with Gasteiger partial charge >= 0.3 is 0 Å². The molecule has 1 amide bonds. The van der Waals surface area contributed by atoms with Gasteiger partial charge in [-0.1, -0.05) is 0 Å². The fourth-order valence-corrected chi connectivity index (χ4v) is 2.50. The van der Waals surface area contributed by atoms with E-state index in [2.05, 4.69) is 15.3 Å². The number of hydrogen-bond donors (Lipinski definition) is 0. The molecule has 0 radical (unpaired) electrons. The predicted octanol–water partition coefficient (Wildman–Crippen LogP) is 0.407. The molecule has 1 unspecified atom stereocenters. The Morgan fingerprint density at radius 3 is 2.74 bits per heavy atom. The number of aromatic nitrogens is 5. The molecule has 1 saturated heterocycles. The molecule has 2 aromatic heterocycles. The molecule has 19 heavy (non-hydrogen) atoms. The molecule has 3 heterocycles. The zero-order valence-corrected chi connectivity index (χ0v) is 11.0. The van der Waals surface area contributed by atoms with E-state index in [9.17, 15) is 4.79 Å². The average Bonchev–Trinajstić information content (AvgIpc) is 3.06. The number of amides is 1. The summed E-state index contributed by atoms with van der Waals surface area (Å²) in [6, 6.07) is 2.00. The summed E-state index contributed by atoms with van der Waals surface area (Å²) in [5.74, 6) is 0.0257. The number of rotatable bonds is 2. The quantitative estimate of drug-likeness (QED) is 0.784. The highest BCUT2D eigenvalue weighted by Crippen LogP contribution is 2.21. The van der Waals surface area contributed by atoms with Crippen LogP contribution in [0.2, 0.25) is 0 Å². The third kappa shape index (κ3) is 2.11. The number of hydrogen-bond acceptors (Lipinski definition) is 4. The number of nitrogens with zero attached hydrogens (tertiary/aromatic N) is 6. The van der Waals surface area contributed by atoms with E-state index in [4.69, 9.17) is 0 Å². The third-order valence-corrected chi connectivity index (χ3v) is 3.43. The molecule has 0 N–H and O–H groups in total. The highest BCUT2D eigenvalue weighted by molar-refractivity contribution is 5.92. The third-order valence-electron chi connectivity index (χ3n) is 3.43. The van der Waals surface area contributed by atoms with Crippen molar-refractivity contribution in [2.24, 2.45) is 7.05 Å². The minimum absolute atomic E-state index is 0.0257. The second kappa shape index (κ2) is 4.49. The summed E-state index contributed by atoms with van der Waals surface area (Å²) in [4.78, 5) is 15.9. The minimum atomic E-state index is 0.0257. The molecule has 1 fully saturated rings. The average molecular weight is 260 g/mol. The van der Waals surface area contributed by atoms with Gasteiger partial charge in [0.25, 0.3) is 5.91 Å². The van der Waals surface area contributed by atoms with Gasteiger partial charge in [0.05, 0.1) is 24.1 Å². The zero-order chi connectivity index (χ0) is 13.4. The zero-order valence-electron chi connectivity index (χ0n) is 11.0. The Labute approximate surface area is 110 Å². The van der Waals surface area contributed by atoms with Crippen LogP contribution in [-0.4, -0.2) is 48.7 Å². The lowest BCUT2D eigenvalue weighted by Crippen LogP contribution is -2.30. The largest absolute Gasteiger partial charge is 0.335 e. The SMILES string of the molecule is Cc1cc(C(=O)N2CCC(n3nccn3)C2)n(C)n1. The Hall–Kier alpha value is -2.18. The van der Waals surface area contributed by atoms with E-state index in [0.29, 0.717) is 12.2 Å². The second-order valence-electron chi connectivity index (χ2n) is 4.84. The Kier molecular flexibility index (Phi) is 2.81. The molecular weight excluding hydrogens is 244 g/mol. The van der Waals surface area contributed by atoms with Crippen LogP contribution in [0, 0.1) is 6.92 Å². The lowest BCUT2D eigenvalue weighted by Gasteiger charge is -2.16. The van der Waals surface area contributed by atoms with E-state index in [0.717, 1.165) is 18.7 Å². The van der Waals surface area contributed by atoms with E-state index < -0.39 is 0 Å². The van der Waals surface area contributed by atoms with E-state index >= 15 is 0 Å². The topological polar surface area (TPSA) is 68.8 Å². The lowest BCUT2D eigenvalue weighted by molar-refractivity contribution is 0.0775. The van der Waals surface area contributed by atoms with Crippen molar-refractivity contribution in [3.63, 3.8) is 0 Å². The molecule has 1 aliphatic rings. The summed E-state index contributed by atoms with van der Waals surface area (Å²) in [6.07, 6.45) is 4.21. The van der Waals surface area contributed by atoms with Crippen molar-refractivity contribution >= 4 is 5.91 Å². The fourth-order valence-electron chi connectivity index (χ4n) is 2.50. The van der Waals surface area contributed by atoms with Gasteiger partial charge in [0.2, 0.25) is 0 Å². The van der Waals surface area contributed by atoms with Crippen LogP contribution < -0.4 is 0 Å². The first kappa shape index (κ1) is 11.9. The highest BCUT2D eigenvalue weighted by Gasteiger charge is 2.30. The number of carbonyl (C=O) groups is 1. The summed E-state index contributed by atoms with van der Waals surface area (Å²) in [5, 5.41) is 12.5. The summed E-state index contributed by atoms with van der Waals surface area (Å²) in [7, 11) is 1.79. The van der Waals surface area contributed by atoms with Gasteiger partial charge in [-0.05, 0) is 19.4 Å². The van der Waals surface area contributed by atoms with Crippen molar-refractivity contribution in [2.75, 3.05) is 13.1 Å². The fraction of sp³-hybridized carbons (Fsp3) is 0.500. The monoisotopic (exact) mass is 260 g/mol. The molecule has 0 aliphatic carbocycles. The summed E-state index contributed by atoms with van der Waals surface area (Å²) in [6.45, 7) is 3.27. The molecular formula is C12H16N6O. The molecule has 2 aromatic rings. The molecule has 7 nitrogen and oxygen atoms in total. The van der Waals surface area contributed by atoms with Gasteiger partial charge in [-0.3, -0.25) is 9.48 Å². The molecule has 0 bridgehead atoms. The normalized spacial score (nSPS) is 19.1. The van der Waals surface area contributed by atoms with Crippen molar-refractivity contribution < 1.29 is 4.79 Å². The van der Waals surface area contributed by atoms with Crippen LogP contribution >= 0.6 is 0 Å². The van der Waals surface area contributed by atoms with Crippen molar-refractivity contribution in [1.29, 1.82) is 0 Å². The molecule has 100 valence electrons. The van der Waals surface area contributed by atoms with Crippen molar-refractivity contribution in [3.8, 4) is 0 Å². The van der Waals surface area contributed by atoms with E-state index in [1.54, 1.807) is 28.9 Å². The van der Waals surface area contributed by atoms with Crippen LogP contribution in [0.5, 0.6) is 0 Å². The molecule has 1 atom stereocenters. The summed E-state index contributed by atoms with van der Waals surface area (Å²) < 4.78 is 1.64. The van der Waals surface area contributed by atoms with E-state index in [1.165, 1.54) is 0 Å². The molecule has 0 spiro atoms. The Bertz CT molecular complexity index is 587. The van der Waals surface area contributed by atoms with Gasteiger partial charge in [-0.2, -0.15) is 20.1 Å². The van der Waals surface area contributed by atoms with Crippen molar-refractivity contribution in [2.45, 2.75) is 19.4 Å². The van der Waals surface area contributed by atoms with Crippen LogP contribution in [0.15, 0.2) is 18.5 Å². The molecule has 0 aromatic carbocycles. The summed E-state index contributed by atoms with van der Waals surface area (Å²) in [5.41, 5.74) is 1.49. The maximum atomic E-state index is 12.4. The molecule has 1 aliphatic heterocycles. The Balaban J connectivity index is 1.74. The Morgan fingerprint density at radius 2 is 2.11 bits per heavy atom. The second-order valence-corrected chi connectivity index (χ2v) is 4.84. The van der Waals surface area contributed by atoms with Gasteiger partial charge in [-0.15, -0.1) is 0 Å². The van der Waals surface area contributed by atoms with E-state index in [1.807, 2.05) is 17.9 Å². The molecule has 3 rings (SSSR count). The molecule has 0 saturated carbocycles. The summed E-state index contributed by atoms with van der Waals surface area (Å²) >= 11 is 0. The van der Waals surface area contributed by atoms with Gasteiger partial charge < -0.3 is 4.90 Å². The predicted molar refractivity (Wildman–Crippen MR) is 67.5 cm³/mol. The standard InChI is InChI=1S/C12H16N6O/c1-9-7-11(16(2)15-9)12(19)17-6-3-10(8-17)18-13-4-5-14-18/h4-5,7,10H,3,6,8H2,1-2H3. The maximum Gasteiger partial charge on any atom is 0.272 e. The number of carbonyl (C=O) groups excluding carboxylic acids is 1. The highest BCUT2D eigenvalue weighted by atomic mass is 16.2. The van der Waals surface area contributed by atoms with Crippen LogP contribution in [0.4, 0.5) is 0 Å². The van der Waals surface area contributed by atoms with Crippen LogP contribution in [0.1, 0.15) is 28.6 Å². The Morgan fingerprint density at radius 1 is 1.37 bits per heavy atom. The smallest absolute Gasteiger partial charge is 0.272 e. The van der Waals surface area contributed by atoms with Crippen LogP contribution in [0.25, 0.3) is 0 Å². The first-order valence-electron chi connectivity index (χ1n) is 6.31. The van der Waals surface area contributed by atoms with Crippen molar-refractivity contribution in [3.05, 3.63) is 29.8 Å². The van der Waals surface area contributed by atoms with E-state index in [-0.39, 0.29) is 11.9 Å². The lowest BCUT2D eigenvalue weighted by atomic mass is 10.3. The number of likely N-dealkylation sites (tertiary alicyclic amines) is 1. The van der Waals surface area contributed by atoms with Crippen LogP contribution in [-0.2, 0) is 7.05 Å². The first-order chi connectivity index (χ1) is 9.15. The van der Waals surface area contributed by atoms with Gasteiger partial charge in [0, 0.05) is 20.1 Å². The number of aryl methyl sites for hydroxylation is 2. The maximum absolute atomic E-state index is 12.4. The molecule has 7 heteroatoms. The van der Waals surface area contributed by atoms with Gasteiger partial charge in [0.1, 0.15) is 5.69 Å². The van der Waals surface area contributed by atoms with Gasteiger partial charge in [-0.25, -0.2) is 0 Å².